The quantitative estimate of drug-likeness (QED) is 0.583. The van der Waals surface area contributed by atoms with Crippen LogP contribution in [-0.2, 0) is 9.47 Å². The maximum Gasteiger partial charge on any atom is 0.0700 e. The van der Waals surface area contributed by atoms with Gasteiger partial charge in [-0.3, -0.25) is 0 Å². The van der Waals surface area contributed by atoms with Crippen molar-refractivity contribution in [2.24, 2.45) is 5.92 Å². The summed E-state index contributed by atoms with van der Waals surface area (Å²) in [4.78, 5) is 0. The van der Waals surface area contributed by atoms with Gasteiger partial charge in [-0.05, 0) is 31.8 Å². The molecule has 0 aliphatic heterocycles. The van der Waals surface area contributed by atoms with Crippen LogP contribution in [0.2, 0.25) is 0 Å². The summed E-state index contributed by atoms with van der Waals surface area (Å²) in [5.41, 5.74) is 0. The van der Waals surface area contributed by atoms with Crippen LogP contribution in [0.15, 0.2) is 0 Å². The molecule has 1 N–H and O–H groups in total. The van der Waals surface area contributed by atoms with Gasteiger partial charge >= 0.3 is 0 Å². The van der Waals surface area contributed by atoms with Gasteiger partial charge in [-0.1, -0.05) is 25.7 Å². The molecular formula is C13H27NO2. The molecule has 0 unspecified atom stereocenters. The molecule has 0 heterocycles. The van der Waals surface area contributed by atoms with Gasteiger partial charge in [-0.2, -0.15) is 0 Å². The minimum atomic E-state index is 0.703. The van der Waals surface area contributed by atoms with Crippen molar-refractivity contribution in [1.29, 1.82) is 0 Å². The Morgan fingerprint density at radius 3 is 2.62 bits per heavy atom. The normalized spacial score (nSPS) is 17.1. The Bertz CT molecular complexity index is 147. The molecule has 16 heavy (non-hydrogen) atoms. The van der Waals surface area contributed by atoms with Gasteiger partial charge in [0.05, 0.1) is 13.2 Å². The van der Waals surface area contributed by atoms with Gasteiger partial charge < -0.3 is 14.8 Å². The average molecular weight is 229 g/mol. The maximum absolute atomic E-state index is 5.39. The fourth-order valence-corrected chi connectivity index (χ4v) is 2.27. The Hall–Kier alpha value is -0.120. The van der Waals surface area contributed by atoms with Gasteiger partial charge in [0, 0.05) is 13.7 Å². The van der Waals surface area contributed by atoms with Crippen LogP contribution >= 0.6 is 0 Å². The summed E-state index contributed by atoms with van der Waals surface area (Å²) < 4.78 is 10.3. The van der Waals surface area contributed by atoms with E-state index in [-0.39, 0.29) is 0 Å². The van der Waals surface area contributed by atoms with Gasteiger partial charge in [0.2, 0.25) is 0 Å². The van der Waals surface area contributed by atoms with Crippen LogP contribution in [0, 0.1) is 5.92 Å². The highest BCUT2D eigenvalue weighted by atomic mass is 16.5. The molecule has 1 aliphatic carbocycles. The second-order valence-electron chi connectivity index (χ2n) is 4.65. The van der Waals surface area contributed by atoms with Crippen molar-refractivity contribution in [3.63, 3.8) is 0 Å². The highest BCUT2D eigenvalue weighted by Gasteiger charge is 2.13. The van der Waals surface area contributed by atoms with E-state index in [4.69, 9.17) is 9.47 Å². The van der Waals surface area contributed by atoms with E-state index in [2.05, 4.69) is 5.32 Å². The number of nitrogens with one attached hydrogen (secondary N) is 1. The summed E-state index contributed by atoms with van der Waals surface area (Å²) in [6.45, 7) is 4.54. The molecule has 0 spiro atoms. The van der Waals surface area contributed by atoms with E-state index in [0.717, 1.165) is 32.1 Å². The van der Waals surface area contributed by atoms with E-state index < -0.39 is 0 Å². The molecule has 3 heteroatoms. The van der Waals surface area contributed by atoms with Crippen LogP contribution in [0.1, 0.15) is 38.5 Å². The van der Waals surface area contributed by atoms with Crippen molar-refractivity contribution in [2.75, 3.05) is 40.0 Å². The molecule has 1 saturated carbocycles. The second kappa shape index (κ2) is 10.1. The Morgan fingerprint density at radius 2 is 1.88 bits per heavy atom. The van der Waals surface area contributed by atoms with Crippen LogP contribution < -0.4 is 5.32 Å². The lowest BCUT2D eigenvalue weighted by molar-refractivity contribution is 0.0695. The molecule has 0 saturated heterocycles. The third-order valence-electron chi connectivity index (χ3n) is 3.28. The van der Waals surface area contributed by atoms with E-state index in [1.165, 1.54) is 38.6 Å². The lowest BCUT2D eigenvalue weighted by atomic mass is 10.0. The summed E-state index contributed by atoms with van der Waals surface area (Å²) >= 11 is 0. The van der Waals surface area contributed by atoms with Gasteiger partial charge in [0.15, 0.2) is 0 Å². The number of hydrogen-bond donors (Lipinski definition) is 1. The molecule has 0 aromatic carbocycles. The zero-order valence-corrected chi connectivity index (χ0v) is 10.7. The van der Waals surface area contributed by atoms with Gasteiger partial charge in [0.25, 0.3) is 0 Å². The second-order valence-corrected chi connectivity index (χ2v) is 4.65. The SMILES string of the molecule is COCCOCCCNCCC1CCCC1. The Kier molecular flexibility index (Phi) is 8.77. The molecular weight excluding hydrogens is 202 g/mol. The Labute approximate surface area is 99.9 Å². The van der Waals surface area contributed by atoms with Crippen LogP contribution in [0.3, 0.4) is 0 Å². The largest absolute Gasteiger partial charge is 0.382 e. The molecule has 0 aromatic heterocycles. The summed E-state index contributed by atoms with van der Waals surface area (Å²) in [7, 11) is 1.70. The minimum absolute atomic E-state index is 0.703. The van der Waals surface area contributed by atoms with Crippen LogP contribution in [0.4, 0.5) is 0 Å². The first kappa shape index (κ1) is 13.9. The number of hydrogen-bond acceptors (Lipinski definition) is 3. The van der Waals surface area contributed by atoms with E-state index >= 15 is 0 Å². The van der Waals surface area contributed by atoms with Gasteiger partial charge in [-0.25, -0.2) is 0 Å². The van der Waals surface area contributed by atoms with Crippen LogP contribution in [-0.4, -0.2) is 40.0 Å². The molecule has 1 rings (SSSR count). The van der Waals surface area contributed by atoms with E-state index in [9.17, 15) is 0 Å². The predicted molar refractivity (Wildman–Crippen MR) is 66.8 cm³/mol. The zero-order chi connectivity index (χ0) is 11.5. The number of rotatable bonds is 10. The van der Waals surface area contributed by atoms with Crippen LogP contribution in [0.5, 0.6) is 0 Å². The summed E-state index contributed by atoms with van der Waals surface area (Å²) in [5, 5.41) is 3.49. The lowest BCUT2D eigenvalue weighted by Crippen LogP contribution is -2.20. The Morgan fingerprint density at radius 1 is 1.06 bits per heavy atom. The van der Waals surface area contributed by atoms with E-state index in [0.29, 0.717) is 6.61 Å². The summed E-state index contributed by atoms with van der Waals surface area (Å²) in [6, 6.07) is 0. The van der Waals surface area contributed by atoms with Crippen molar-refractivity contribution in [3.05, 3.63) is 0 Å². The fourth-order valence-electron chi connectivity index (χ4n) is 2.27. The predicted octanol–water partition coefficient (Wildman–Crippen LogP) is 2.21. The molecule has 0 radical (unpaired) electrons. The highest BCUT2D eigenvalue weighted by molar-refractivity contribution is 4.68. The number of methoxy groups -OCH3 is 1. The first-order valence-corrected chi connectivity index (χ1v) is 6.71. The van der Waals surface area contributed by atoms with Crippen LogP contribution in [0.25, 0.3) is 0 Å². The topological polar surface area (TPSA) is 30.5 Å². The number of ether oxygens (including phenoxy) is 2. The van der Waals surface area contributed by atoms with Crippen molar-refractivity contribution >= 4 is 0 Å². The third kappa shape index (κ3) is 7.20. The molecule has 3 nitrogen and oxygen atoms in total. The minimum Gasteiger partial charge on any atom is -0.382 e. The molecule has 1 fully saturated rings. The van der Waals surface area contributed by atoms with Crippen molar-refractivity contribution < 1.29 is 9.47 Å². The van der Waals surface area contributed by atoms with E-state index in [1.54, 1.807) is 7.11 Å². The lowest BCUT2D eigenvalue weighted by Gasteiger charge is -2.09. The summed E-state index contributed by atoms with van der Waals surface area (Å²) in [6.07, 6.45) is 8.30. The Balaban J connectivity index is 1.71. The molecule has 0 amide bonds. The monoisotopic (exact) mass is 229 g/mol. The fraction of sp³-hybridized carbons (Fsp3) is 1.00. The maximum atomic E-state index is 5.39. The summed E-state index contributed by atoms with van der Waals surface area (Å²) in [5.74, 6) is 1.01. The van der Waals surface area contributed by atoms with Crippen molar-refractivity contribution in [3.8, 4) is 0 Å². The first-order chi connectivity index (χ1) is 7.93. The van der Waals surface area contributed by atoms with Gasteiger partial charge in [0.1, 0.15) is 0 Å². The average Bonchev–Trinajstić information content (AvgIpc) is 2.80. The standard InChI is InChI=1S/C13H27NO2/c1-15-11-12-16-10-4-8-14-9-7-13-5-2-3-6-13/h13-14H,2-12H2,1H3. The zero-order valence-electron chi connectivity index (χ0n) is 10.7. The molecule has 0 aromatic rings. The molecule has 0 bridgehead atoms. The molecule has 0 atom stereocenters. The third-order valence-corrected chi connectivity index (χ3v) is 3.28. The first-order valence-electron chi connectivity index (χ1n) is 6.71. The molecule has 1 aliphatic rings. The van der Waals surface area contributed by atoms with E-state index in [1.807, 2.05) is 0 Å². The molecule has 96 valence electrons. The smallest absolute Gasteiger partial charge is 0.0700 e. The van der Waals surface area contributed by atoms with Crippen molar-refractivity contribution in [2.45, 2.75) is 38.5 Å². The van der Waals surface area contributed by atoms with Gasteiger partial charge in [-0.15, -0.1) is 0 Å². The van der Waals surface area contributed by atoms with Crippen molar-refractivity contribution in [1.82, 2.24) is 5.32 Å². The highest BCUT2D eigenvalue weighted by Crippen LogP contribution is 2.26.